The van der Waals surface area contributed by atoms with E-state index in [0.29, 0.717) is 11.5 Å². The standard InChI is InChI=1S/C15H33N3O/c1-12(14(2,3)4)18(7)11-9-8-10-15(5,17-6)13(16)19/h12,17H,8-11H2,1-7H3,(H2,16,19). The number of nitrogens with one attached hydrogen (secondary N) is 1. The van der Waals surface area contributed by atoms with Crippen LogP contribution in [-0.4, -0.2) is 43.0 Å². The van der Waals surface area contributed by atoms with Crippen LogP contribution >= 0.6 is 0 Å². The molecule has 0 bridgehead atoms. The van der Waals surface area contributed by atoms with Gasteiger partial charge in [-0.1, -0.05) is 20.8 Å². The van der Waals surface area contributed by atoms with E-state index < -0.39 is 5.54 Å². The van der Waals surface area contributed by atoms with Gasteiger partial charge in [0.1, 0.15) is 0 Å². The van der Waals surface area contributed by atoms with Gasteiger partial charge >= 0.3 is 0 Å². The second-order valence-electron chi connectivity index (χ2n) is 6.93. The second kappa shape index (κ2) is 7.25. The minimum atomic E-state index is -0.575. The smallest absolute Gasteiger partial charge is 0.237 e. The van der Waals surface area contributed by atoms with Crippen LogP contribution in [0.4, 0.5) is 0 Å². The first-order valence-electron chi connectivity index (χ1n) is 7.23. The summed E-state index contributed by atoms with van der Waals surface area (Å²) in [6.07, 6.45) is 2.87. The first-order chi connectivity index (χ1) is 8.54. The number of primary amides is 1. The molecule has 0 aromatic rings. The highest BCUT2D eigenvalue weighted by molar-refractivity contribution is 5.84. The maximum atomic E-state index is 11.4. The van der Waals surface area contributed by atoms with Gasteiger partial charge in [-0.05, 0) is 59.2 Å². The van der Waals surface area contributed by atoms with Gasteiger partial charge in [-0.25, -0.2) is 0 Å². The minimum Gasteiger partial charge on any atom is -0.368 e. The average molecular weight is 271 g/mol. The van der Waals surface area contributed by atoms with Gasteiger partial charge in [0.2, 0.25) is 5.91 Å². The number of carbonyl (C=O) groups excluding carboxylic acids is 1. The summed E-state index contributed by atoms with van der Waals surface area (Å²) in [5.41, 5.74) is 5.13. The fourth-order valence-electron chi connectivity index (χ4n) is 2.07. The summed E-state index contributed by atoms with van der Waals surface area (Å²) in [6, 6.07) is 0.541. The van der Waals surface area contributed by atoms with Crippen LogP contribution in [0.2, 0.25) is 0 Å². The monoisotopic (exact) mass is 271 g/mol. The van der Waals surface area contributed by atoms with Crippen LogP contribution in [0.15, 0.2) is 0 Å². The Morgan fingerprint density at radius 3 is 2.16 bits per heavy atom. The van der Waals surface area contributed by atoms with Crippen molar-refractivity contribution in [3.05, 3.63) is 0 Å². The van der Waals surface area contributed by atoms with Crippen LogP contribution in [0.1, 0.15) is 53.9 Å². The molecule has 0 aliphatic carbocycles. The topological polar surface area (TPSA) is 58.4 Å². The van der Waals surface area contributed by atoms with E-state index in [9.17, 15) is 4.79 Å². The average Bonchev–Trinajstić information content (AvgIpc) is 2.31. The Bertz CT molecular complexity index is 286. The zero-order valence-electron chi connectivity index (χ0n) is 13.8. The highest BCUT2D eigenvalue weighted by atomic mass is 16.1. The summed E-state index contributed by atoms with van der Waals surface area (Å²) >= 11 is 0. The lowest BCUT2D eigenvalue weighted by atomic mass is 9.87. The number of carbonyl (C=O) groups is 1. The van der Waals surface area contributed by atoms with Gasteiger partial charge in [0.15, 0.2) is 0 Å². The van der Waals surface area contributed by atoms with Crippen molar-refractivity contribution in [2.24, 2.45) is 11.1 Å². The summed E-state index contributed by atoms with van der Waals surface area (Å²) in [4.78, 5) is 13.8. The number of hydrogen-bond acceptors (Lipinski definition) is 3. The van der Waals surface area contributed by atoms with Gasteiger partial charge in [-0.15, -0.1) is 0 Å². The Balaban J connectivity index is 4.08. The van der Waals surface area contributed by atoms with Crippen molar-refractivity contribution in [3.8, 4) is 0 Å². The van der Waals surface area contributed by atoms with Crippen LogP contribution in [0, 0.1) is 5.41 Å². The molecule has 2 unspecified atom stereocenters. The first-order valence-corrected chi connectivity index (χ1v) is 7.23. The van der Waals surface area contributed by atoms with Crippen molar-refractivity contribution < 1.29 is 4.79 Å². The Hall–Kier alpha value is -0.610. The van der Waals surface area contributed by atoms with E-state index in [2.05, 4.69) is 45.0 Å². The van der Waals surface area contributed by atoms with Crippen LogP contribution in [-0.2, 0) is 4.79 Å². The number of unbranched alkanes of at least 4 members (excludes halogenated alkanes) is 1. The minimum absolute atomic E-state index is 0.272. The molecular weight excluding hydrogens is 238 g/mol. The molecule has 19 heavy (non-hydrogen) atoms. The molecule has 0 spiro atoms. The molecule has 0 aliphatic rings. The normalized spacial score (nSPS) is 17.3. The van der Waals surface area contributed by atoms with Crippen LogP contribution in [0.3, 0.4) is 0 Å². The summed E-state index contributed by atoms with van der Waals surface area (Å²) in [5.74, 6) is -0.272. The van der Waals surface area contributed by atoms with E-state index in [-0.39, 0.29) is 5.91 Å². The molecule has 1 amide bonds. The molecule has 114 valence electrons. The molecule has 4 heteroatoms. The number of hydrogen-bond donors (Lipinski definition) is 2. The van der Waals surface area contributed by atoms with E-state index in [1.54, 1.807) is 7.05 Å². The third-order valence-corrected chi connectivity index (χ3v) is 4.45. The van der Waals surface area contributed by atoms with Gasteiger partial charge < -0.3 is 16.0 Å². The molecule has 0 radical (unpaired) electrons. The molecule has 0 aliphatic heterocycles. The predicted molar refractivity (Wildman–Crippen MR) is 82.1 cm³/mol. The third-order valence-electron chi connectivity index (χ3n) is 4.45. The number of amides is 1. The van der Waals surface area contributed by atoms with E-state index in [4.69, 9.17) is 5.73 Å². The summed E-state index contributed by atoms with van der Waals surface area (Å²) in [7, 11) is 3.96. The molecule has 0 heterocycles. The molecule has 0 saturated heterocycles. The lowest BCUT2D eigenvalue weighted by Gasteiger charge is -2.35. The van der Waals surface area contributed by atoms with Crippen molar-refractivity contribution >= 4 is 5.91 Å². The van der Waals surface area contributed by atoms with Crippen LogP contribution in [0.25, 0.3) is 0 Å². The van der Waals surface area contributed by atoms with Gasteiger partial charge in [-0.3, -0.25) is 4.79 Å². The summed E-state index contributed by atoms with van der Waals surface area (Å²) < 4.78 is 0. The lowest BCUT2D eigenvalue weighted by Crippen LogP contribution is -2.51. The number of rotatable bonds is 8. The van der Waals surface area contributed by atoms with Crippen molar-refractivity contribution in [2.75, 3.05) is 20.6 Å². The van der Waals surface area contributed by atoms with E-state index in [1.807, 2.05) is 6.92 Å². The Kier molecular flexibility index (Phi) is 7.01. The Morgan fingerprint density at radius 1 is 1.26 bits per heavy atom. The number of likely N-dealkylation sites (N-methyl/N-ethyl adjacent to an activating group) is 1. The van der Waals surface area contributed by atoms with Crippen molar-refractivity contribution in [3.63, 3.8) is 0 Å². The van der Waals surface area contributed by atoms with Gasteiger partial charge in [-0.2, -0.15) is 0 Å². The second-order valence-corrected chi connectivity index (χ2v) is 6.93. The fraction of sp³-hybridized carbons (Fsp3) is 0.933. The molecule has 2 atom stereocenters. The predicted octanol–water partition coefficient (Wildman–Crippen LogP) is 1.99. The van der Waals surface area contributed by atoms with Crippen molar-refractivity contribution in [2.45, 2.75) is 65.5 Å². The highest BCUT2D eigenvalue weighted by Crippen LogP contribution is 2.23. The highest BCUT2D eigenvalue weighted by Gasteiger charge is 2.28. The van der Waals surface area contributed by atoms with E-state index in [1.165, 1.54) is 0 Å². The molecule has 0 fully saturated rings. The van der Waals surface area contributed by atoms with E-state index >= 15 is 0 Å². The third kappa shape index (κ3) is 5.91. The van der Waals surface area contributed by atoms with Gasteiger partial charge in [0.25, 0.3) is 0 Å². The Morgan fingerprint density at radius 2 is 1.79 bits per heavy atom. The maximum Gasteiger partial charge on any atom is 0.237 e. The first kappa shape index (κ1) is 18.4. The quantitative estimate of drug-likeness (QED) is 0.664. The summed E-state index contributed by atoms with van der Waals surface area (Å²) in [6.45, 7) is 12.0. The molecule has 0 aromatic carbocycles. The lowest BCUT2D eigenvalue weighted by molar-refractivity contribution is -0.123. The van der Waals surface area contributed by atoms with Gasteiger partial charge in [0, 0.05) is 6.04 Å². The van der Waals surface area contributed by atoms with Gasteiger partial charge in [0.05, 0.1) is 5.54 Å². The molecule has 3 N–H and O–H groups in total. The van der Waals surface area contributed by atoms with Crippen LogP contribution < -0.4 is 11.1 Å². The maximum absolute atomic E-state index is 11.4. The number of nitrogens with zero attached hydrogens (tertiary/aromatic N) is 1. The van der Waals surface area contributed by atoms with E-state index in [0.717, 1.165) is 25.8 Å². The molecule has 0 rings (SSSR count). The molecule has 0 saturated carbocycles. The molecule has 4 nitrogen and oxygen atoms in total. The zero-order valence-corrected chi connectivity index (χ0v) is 13.8. The van der Waals surface area contributed by atoms with Crippen molar-refractivity contribution in [1.29, 1.82) is 0 Å². The molecular formula is C15H33N3O. The van der Waals surface area contributed by atoms with Crippen LogP contribution in [0.5, 0.6) is 0 Å². The Labute approximate surface area is 119 Å². The largest absolute Gasteiger partial charge is 0.368 e. The SMILES string of the molecule is CNC(C)(CCCCN(C)C(C)C(C)(C)C)C(N)=O. The zero-order chi connectivity index (χ0) is 15.3. The van der Waals surface area contributed by atoms with Crippen molar-refractivity contribution in [1.82, 2.24) is 10.2 Å². The number of nitrogens with two attached hydrogens (primary N) is 1. The fourth-order valence-corrected chi connectivity index (χ4v) is 2.07. The molecule has 0 aromatic heterocycles. The summed E-state index contributed by atoms with van der Waals surface area (Å²) in [5, 5.41) is 3.02.